The minimum Gasteiger partial charge on any atom is -0.354 e. The van der Waals surface area contributed by atoms with Gasteiger partial charge in [0.15, 0.2) is 5.96 Å². The third-order valence-corrected chi connectivity index (χ3v) is 4.34. The topological polar surface area (TPSA) is 39.7 Å². The Morgan fingerprint density at radius 3 is 2.46 bits per heavy atom. The Hall–Kier alpha value is -1.19. The Morgan fingerprint density at radius 1 is 1.21 bits per heavy atom. The zero-order chi connectivity index (χ0) is 16.7. The van der Waals surface area contributed by atoms with E-state index in [-0.39, 0.29) is 35.8 Å². The Kier molecular flexibility index (Phi) is 9.24. The van der Waals surface area contributed by atoms with Crippen LogP contribution < -0.4 is 10.6 Å². The molecule has 0 saturated carbocycles. The Labute approximate surface area is 164 Å². The first-order chi connectivity index (χ1) is 11.1. The zero-order valence-electron chi connectivity index (χ0n) is 14.1. The van der Waals surface area contributed by atoms with E-state index in [0.717, 1.165) is 18.1 Å². The number of rotatable bonds is 6. The summed E-state index contributed by atoms with van der Waals surface area (Å²) in [5, 5.41) is 10.8. The monoisotopic (exact) mass is 462 g/mol. The van der Waals surface area contributed by atoms with Gasteiger partial charge in [0.1, 0.15) is 5.82 Å². The molecule has 0 aliphatic carbocycles. The third kappa shape index (κ3) is 6.37. The van der Waals surface area contributed by atoms with Gasteiger partial charge in [-0.2, -0.15) is 11.3 Å². The number of aliphatic imine (C=N–C) groups is 1. The van der Waals surface area contributed by atoms with Crippen LogP contribution in [0.3, 0.4) is 0 Å². The van der Waals surface area contributed by atoms with E-state index in [9.17, 15) is 4.39 Å². The number of hydrogen-bond acceptors (Lipinski definition) is 3. The van der Waals surface area contributed by atoms with E-state index < -0.39 is 0 Å². The minimum absolute atomic E-state index is 0. The summed E-state index contributed by atoms with van der Waals surface area (Å²) in [4.78, 5) is 6.35. The van der Waals surface area contributed by atoms with Crippen molar-refractivity contribution in [1.29, 1.82) is 0 Å². The lowest BCUT2D eigenvalue weighted by Gasteiger charge is -2.26. The lowest BCUT2D eigenvalue weighted by atomic mass is 10.1. The van der Waals surface area contributed by atoms with Gasteiger partial charge in [0.2, 0.25) is 0 Å². The fraction of sp³-hybridized carbons (Fsp3) is 0.353. The van der Waals surface area contributed by atoms with Crippen LogP contribution in [0.15, 0.2) is 46.1 Å². The average molecular weight is 462 g/mol. The van der Waals surface area contributed by atoms with Gasteiger partial charge in [0, 0.05) is 20.1 Å². The van der Waals surface area contributed by atoms with Crippen molar-refractivity contribution in [1.82, 2.24) is 15.5 Å². The molecule has 1 aromatic heterocycles. The maximum absolute atomic E-state index is 13.1. The van der Waals surface area contributed by atoms with Crippen molar-refractivity contribution in [3.63, 3.8) is 0 Å². The molecule has 132 valence electrons. The van der Waals surface area contributed by atoms with Crippen molar-refractivity contribution in [2.75, 3.05) is 27.7 Å². The highest BCUT2D eigenvalue weighted by Crippen LogP contribution is 2.17. The molecule has 0 amide bonds. The summed E-state index contributed by atoms with van der Waals surface area (Å²) in [5.74, 6) is 0.539. The van der Waals surface area contributed by atoms with E-state index in [1.54, 1.807) is 18.4 Å². The second-order valence-electron chi connectivity index (χ2n) is 5.47. The molecule has 0 radical (unpaired) electrons. The highest BCUT2D eigenvalue weighted by atomic mass is 127. The van der Waals surface area contributed by atoms with Crippen molar-refractivity contribution in [2.24, 2.45) is 4.99 Å². The van der Waals surface area contributed by atoms with Crippen LogP contribution >= 0.6 is 35.3 Å². The van der Waals surface area contributed by atoms with Gasteiger partial charge < -0.3 is 15.5 Å². The SMILES string of the molecule is CN=C(NCc1ccsc1)NCC(c1ccc(F)cc1)N(C)C.I. The number of halogens is 2. The Bertz CT molecular complexity index is 614. The van der Waals surface area contributed by atoms with Crippen LogP contribution in [0.1, 0.15) is 17.2 Å². The normalized spacial score (nSPS) is 12.6. The molecule has 2 N–H and O–H groups in total. The first-order valence-electron chi connectivity index (χ1n) is 7.47. The summed E-state index contributed by atoms with van der Waals surface area (Å²) in [5.41, 5.74) is 2.30. The molecule has 2 rings (SSSR count). The van der Waals surface area contributed by atoms with Gasteiger partial charge in [-0.15, -0.1) is 24.0 Å². The summed E-state index contributed by atoms with van der Waals surface area (Å²) >= 11 is 1.68. The minimum atomic E-state index is -0.215. The number of thiophene rings is 1. The summed E-state index contributed by atoms with van der Waals surface area (Å²) in [7, 11) is 5.78. The molecular weight excluding hydrogens is 438 g/mol. The van der Waals surface area contributed by atoms with E-state index in [0.29, 0.717) is 6.54 Å². The molecule has 0 saturated heterocycles. The molecular formula is C17H24FIN4S. The van der Waals surface area contributed by atoms with Crippen molar-refractivity contribution in [3.8, 4) is 0 Å². The average Bonchev–Trinajstić information content (AvgIpc) is 3.05. The first-order valence-corrected chi connectivity index (χ1v) is 8.42. The lowest BCUT2D eigenvalue weighted by Crippen LogP contribution is -2.41. The van der Waals surface area contributed by atoms with E-state index in [2.05, 4.69) is 37.4 Å². The molecule has 7 heteroatoms. The standard InChI is InChI=1S/C17H23FN4S.HI/c1-19-17(20-10-13-8-9-23-12-13)21-11-16(22(2)3)14-4-6-15(18)7-5-14;/h4-9,12,16H,10-11H2,1-3H3,(H2,19,20,21);1H. The van der Waals surface area contributed by atoms with Gasteiger partial charge in [-0.25, -0.2) is 4.39 Å². The third-order valence-electron chi connectivity index (χ3n) is 3.60. The van der Waals surface area contributed by atoms with Crippen LogP contribution in [0.2, 0.25) is 0 Å². The number of nitrogens with zero attached hydrogens (tertiary/aromatic N) is 2. The summed E-state index contributed by atoms with van der Waals surface area (Å²) in [6.45, 7) is 1.42. The van der Waals surface area contributed by atoms with Crippen LogP contribution in [-0.4, -0.2) is 38.5 Å². The quantitative estimate of drug-likeness (QED) is 0.393. The van der Waals surface area contributed by atoms with E-state index in [1.807, 2.05) is 26.2 Å². The second kappa shape index (κ2) is 10.6. The molecule has 0 aliphatic rings. The summed E-state index contributed by atoms with van der Waals surface area (Å²) < 4.78 is 13.1. The molecule has 2 aromatic rings. The van der Waals surface area contributed by atoms with E-state index in [1.165, 1.54) is 17.7 Å². The van der Waals surface area contributed by atoms with Crippen molar-refractivity contribution in [2.45, 2.75) is 12.6 Å². The fourth-order valence-electron chi connectivity index (χ4n) is 2.28. The molecule has 1 aromatic carbocycles. The maximum Gasteiger partial charge on any atom is 0.191 e. The Morgan fingerprint density at radius 2 is 1.92 bits per heavy atom. The van der Waals surface area contributed by atoms with Crippen LogP contribution in [0.4, 0.5) is 4.39 Å². The number of hydrogen-bond donors (Lipinski definition) is 2. The molecule has 1 unspecified atom stereocenters. The highest BCUT2D eigenvalue weighted by molar-refractivity contribution is 14.0. The van der Waals surface area contributed by atoms with E-state index in [4.69, 9.17) is 0 Å². The lowest BCUT2D eigenvalue weighted by molar-refractivity contribution is 0.298. The van der Waals surface area contributed by atoms with Crippen molar-refractivity contribution >= 4 is 41.3 Å². The van der Waals surface area contributed by atoms with E-state index >= 15 is 0 Å². The molecule has 0 aliphatic heterocycles. The number of likely N-dealkylation sites (N-methyl/N-ethyl adjacent to an activating group) is 1. The molecule has 0 bridgehead atoms. The molecule has 1 atom stereocenters. The van der Waals surface area contributed by atoms with Crippen LogP contribution in [-0.2, 0) is 6.54 Å². The predicted octanol–water partition coefficient (Wildman–Crippen LogP) is 3.47. The summed E-state index contributed by atoms with van der Waals surface area (Å²) in [6, 6.07) is 8.86. The second-order valence-corrected chi connectivity index (χ2v) is 6.25. The number of benzene rings is 1. The molecule has 0 spiro atoms. The van der Waals surface area contributed by atoms with Gasteiger partial charge in [-0.3, -0.25) is 4.99 Å². The van der Waals surface area contributed by atoms with Gasteiger partial charge in [0.25, 0.3) is 0 Å². The van der Waals surface area contributed by atoms with Crippen molar-refractivity contribution in [3.05, 3.63) is 58.0 Å². The fourth-order valence-corrected chi connectivity index (χ4v) is 2.95. The molecule has 24 heavy (non-hydrogen) atoms. The van der Waals surface area contributed by atoms with Gasteiger partial charge >= 0.3 is 0 Å². The predicted molar refractivity (Wildman–Crippen MR) is 111 cm³/mol. The van der Waals surface area contributed by atoms with Gasteiger partial charge in [-0.1, -0.05) is 12.1 Å². The van der Waals surface area contributed by atoms with Crippen LogP contribution in [0, 0.1) is 5.82 Å². The Balaban J connectivity index is 0.00000288. The van der Waals surface area contributed by atoms with Crippen LogP contribution in [0.5, 0.6) is 0 Å². The largest absolute Gasteiger partial charge is 0.354 e. The number of guanidine groups is 1. The van der Waals surface area contributed by atoms with Crippen LogP contribution in [0.25, 0.3) is 0 Å². The number of nitrogens with one attached hydrogen (secondary N) is 2. The van der Waals surface area contributed by atoms with Gasteiger partial charge in [0.05, 0.1) is 6.04 Å². The van der Waals surface area contributed by atoms with Gasteiger partial charge in [-0.05, 0) is 54.2 Å². The molecule has 0 fully saturated rings. The smallest absolute Gasteiger partial charge is 0.191 e. The molecule has 4 nitrogen and oxygen atoms in total. The summed E-state index contributed by atoms with van der Waals surface area (Å²) in [6.07, 6.45) is 0. The zero-order valence-corrected chi connectivity index (χ0v) is 17.3. The molecule has 1 heterocycles. The first kappa shape index (κ1) is 20.9. The maximum atomic E-state index is 13.1. The van der Waals surface area contributed by atoms with Crippen molar-refractivity contribution < 1.29 is 4.39 Å². The highest BCUT2D eigenvalue weighted by Gasteiger charge is 2.14.